The van der Waals surface area contributed by atoms with Crippen LogP contribution in [0.15, 0.2) is 83.3 Å². The van der Waals surface area contributed by atoms with Crippen molar-refractivity contribution in [3.8, 4) is 11.8 Å². The minimum Gasteiger partial charge on any atom is -0.488 e. The van der Waals surface area contributed by atoms with Gasteiger partial charge in [0.05, 0.1) is 6.07 Å². The molecule has 1 heterocycles. The van der Waals surface area contributed by atoms with Crippen LogP contribution in [0.5, 0.6) is 5.75 Å². The Labute approximate surface area is 178 Å². The van der Waals surface area contributed by atoms with Gasteiger partial charge in [-0.2, -0.15) is 5.26 Å². The van der Waals surface area contributed by atoms with E-state index in [1.54, 1.807) is 4.90 Å². The number of halogens is 1. The summed E-state index contributed by atoms with van der Waals surface area (Å²) in [5, 5.41) is 10.3. The maximum atomic E-state index is 12.8. The molecule has 1 aliphatic heterocycles. The molecule has 0 saturated carbocycles. The zero-order valence-electron chi connectivity index (χ0n) is 15.7. The molecule has 29 heavy (non-hydrogen) atoms. The Hall–Kier alpha value is -3.10. The number of carbonyl (C=O) groups is 1. The largest absolute Gasteiger partial charge is 0.488 e. The fraction of sp³-hybridized carbons (Fsp3) is 0.167. The molecule has 0 unspecified atom stereocenters. The Balaban J connectivity index is 1.78. The van der Waals surface area contributed by atoms with Crippen LogP contribution in [0, 0.1) is 11.3 Å². The lowest BCUT2D eigenvalue weighted by atomic mass is 9.87. The highest BCUT2D eigenvalue weighted by Gasteiger charge is 2.49. The summed E-state index contributed by atoms with van der Waals surface area (Å²) in [6, 6.07) is 27.3. The quantitative estimate of drug-likeness (QED) is 0.514. The van der Waals surface area contributed by atoms with E-state index in [4.69, 9.17) is 4.74 Å². The second kappa shape index (κ2) is 8.10. The van der Waals surface area contributed by atoms with Crippen molar-refractivity contribution < 1.29 is 9.53 Å². The van der Waals surface area contributed by atoms with Crippen molar-refractivity contribution in [3.63, 3.8) is 0 Å². The molecule has 1 aliphatic rings. The van der Waals surface area contributed by atoms with Gasteiger partial charge in [0.1, 0.15) is 12.4 Å². The Kier molecular flexibility index (Phi) is 5.37. The van der Waals surface area contributed by atoms with Gasteiger partial charge in [-0.25, -0.2) is 0 Å². The standard InChI is InChI=1S/C24H19BrN2O2/c25-19-11-12-22(29-16-18-7-3-1-4-8-18)21(15-19)24(17-26)14-13-23(28)27(24)20-9-5-2-6-10-20/h1-12,15H,13-14,16H2/t24-/m1/s1. The summed E-state index contributed by atoms with van der Waals surface area (Å²) >= 11 is 3.52. The molecule has 144 valence electrons. The predicted octanol–water partition coefficient (Wildman–Crippen LogP) is 5.57. The highest BCUT2D eigenvalue weighted by molar-refractivity contribution is 9.10. The first-order valence-electron chi connectivity index (χ1n) is 9.40. The minimum atomic E-state index is -1.12. The molecule has 1 saturated heterocycles. The average Bonchev–Trinajstić information content (AvgIpc) is 3.11. The van der Waals surface area contributed by atoms with Gasteiger partial charge in [0, 0.05) is 22.1 Å². The van der Waals surface area contributed by atoms with Crippen LogP contribution in [0.25, 0.3) is 0 Å². The zero-order valence-corrected chi connectivity index (χ0v) is 17.3. The van der Waals surface area contributed by atoms with Crippen molar-refractivity contribution in [2.45, 2.75) is 25.0 Å². The molecule has 0 N–H and O–H groups in total. The third-order valence-corrected chi connectivity index (χ3v) is 5.65. The molecular weight excluding hydrogens is 428 g/mol. The molecule has 5 heteroatoms. The number of nitrogens with zero attached hydrogens (tertiary/aromatic N) is 2. The molecule has 3 aromatic rings. The summed E-state index contributed by atoms with van der Waals surface area (Å²) in [7, 11) is 0. The zero-order chi connectivity index (χ0) is 20.3. The summed E-state index contributed by atoms with van der Waals surface area (Å²) in [5.41, 5.74) is 1.33. The van der Waals surface area contributed by atoms with E-state index < -0.39 is 5.54 Å². The summed E-state index contributed by atoms with van der Waals surface area (Å²) in [6.07, 6.45) is 0.725. The van der Waals surface area contributed by atoms with Crippen LogP contribution in [0.2, 0.25) is 0 Å². The minimum absolute atomic E-state index is 0.0632. The highest BCUT2D eigenvalue weighted by atomic mass is 79.9. The first-order chi connectivity index (χ1) is 14.1. The van der Waals surface area contributed by atoms with Crippen LogP contribution in [0.1, 0.15) is 24.0 Å². The second-order valence-electron chi connectivity index (χ2n) is 6.95. The summed E-state index contributed by atoms with van der Waals surface area (Å²) in [5.74, 6) is 0.543. The van der Waals surface area contributed by atoms with Gasteiger partial charge >= 0.3 is 0 Å². The van der Waals surface area contributed by atoms with E-state index in [0.29, 0.717) is 36.4 Å². The number of ether oxygens (including phenoxy) is 1. The normalized spacial score (nSPS) is 18.5. The monoisotopic (exact) mass is 446 g/mol. The van der Waals surface area contributed by atoms with Crippen LogP contribution in [0.3, 0.4) is 0 Å². The Bertz CT molecular complexity index is 1060. The van der Waals surface area contributed by atoms with E-state index in [1.165, 1.54) is 0 Å². The van der Waals surface area contributed by atoms with Crippen LogP contribution in [0.4, 0.5) is 5.69 Å². The fourth-order valence-electron chi connectivity index (χ4n) is 3.77. The number of anilines is 1. The van der Waals surface area contributed by atoms with E-state index in [0.717, 1.165) is 10.0 Å². The summed E-state index contributed by atoms with van der Waals surface area (Å²) < 4.78 is 6.96. The molecule has 0 aliphatic carbocycles. The van der Waals surface area contributed by atoms with Crippen molar-refractivity contribution in [3.05, 3.63) is 94.5 Å². The van der Waals surface area contributed by atoms with Gasteiger partial charge in [-0.05, 0) is 42.3 Å². The number of para-hydroxylation sites is 1. The third-order valence-electron chi connectivity index (χ3n) is 5.16. The van der Waals surface area contributed by atoms with Crippen LogP contribution in [-0.4, -0.2) is 5.91 Å². The van der Waals surface area contributed by atoms with Crippen molar-refractivity contribution in [2.75, 3.05) is 4.90 Å². The van der Waals surface area contributed by atoms with Crippen LogP contribution >= 0.6 is 15.9 Å². The molecule has 4 nitrogen and oxygen atoms in total. The van der Waals surface area contributed by atoms with Gasteiger partial charge in [-0.3, -0.25) is 9.69 Å². The number of nitriles is 1. The van der Waals surface area contributed by atoms with E-state index in [1.807, 2.05) is 78.9 Å². The molecular formula is C24H19BrN2O2. The van der Waals surface area contributed by atoms with E-state index in [-0.39, 0.29) is 5.91 Å². The molecule has 4 rings (SSSR count). The van der Waals surface area contributed by atoms with Gasteiger partial charge in [-0.15, -0.1) is 0 Å². The first-order valence-corrected chi connectivity index (χ1v) is 10.2. The molecule has 0 aromatic heterocycles. The SMILES string of the molecule is N#C[C@@]1(c2cc(Br)ccc2OCc2ccccc2)CCC(=O)N1c1ccccc1. The van der Waals surface area contributed by atoms with Crippen LogP contribution in [-0.2, 0) is 16.9 Å². The fourth-order valence-corrected chi connectivity index (χ4v) is 4.13. The predicted molar refractivity (Wildman–Crippen MR) is 115 cm³/mol. The lowest BCUT2D eigenvalue weighted by Crippen LogP contribution is -2.42. The third kappa shape index (κ3) is 3.64. The number of hydrogen-bond acceptors (Lipinski definition) is 3. The summed E-state index contributed by atoms with van der Waals surface area (Å²) in [4.78, 5) is 14.4. The Morgan fingerprint density at radius 1 is 1.03 bits per heavy atom. The van der Waals surface area contributed by atoms with Crippen molar-refractivity contribution >= 4 is 27.5 Å². The lowest BCUT2D eigenvalue weighted by Gasteiger charge is -2.34. The Morgan fingerprint density at radius 3 is 2.41 bits per heavy atom. The van der Waals surface area contributed by atoms with Gasteiger partial charge in [-0.1, -0.05) is 64.5 Å². The first kappa shape index (κ1) is 19.2. The van der Waals surface area contributed by atoms with E-state index >= 15 is 0 Å². The van der Waals surface area contributed by atoms with E-state index in [9.17, 15) is 10.1 Å². The molecule has 0 spiro atoms. The number of amides is 1. The van der Waals surface area contributed by atoms with Crippen molar-refractivity contribution in [1.82, 2.24) is 0 Å². The molecule has 1 amide bonds. The second-order valence-corrected chi connectivity index (χ2v) is 7.87. The van der Waals surface area contributed by atoms with Crippen LogP contribution < -0.4 is 9.64 Å². The van der Waals surface area contributed by atoms with Crippen molar-refractivity contribution in [1.29, 1.82) is 5.26 Å². The number of rotatable bonds is 5. The maximum Gasteiger partial charge on any atom is 0.228 e. The molecule has 1 atom stereocenters. The molecule has 3 aromatic carbocycles. The number of carbonyl (C=O) groups excluding carboxylic acids is 1. The topological polar surface area (TPSA) is 53.3 Å². The van der Waals surface area contributed by atoms with Gasteiger partial charge in [0.2, 0.25) is 5.91 Å². The number of benzene rings is 3. The molecule has 1 fully saturated rings. The molecule has 0 bridgehead atoms. The number of hydrogen-bond donors (Lipinski definition) is 0. The van der Waals surface area contributed by atoms with Gasteiger partial charge in [0.25, 0.3) is 0 Å². The van der Waals surface area contributed by atoms with Gasteiger partial charge < -0.3 is 4.74 Å². The van der Waals surface area contributed by atoms with Gasteiger partial charge in [0.15, 0.2) is 5.54 Å². The maximum absolute atomic E-state index is 12.8. The summed E-state index contributed by atoms with van der Waals surface area (Å²) in [6.45, 7) is 0.385. The lowest BCUT2D eigenvalue weighted by molar-refractivity contribution is -0.117. The highest BCUT2D eigenvalue weighted by Crippen LogP contribution is 2.46. The van der Waals surface area contributed by atoms with Crippen molar-refractivity contribution in [2.24, 2.45) is 0 Å². The Morgan fingerprint density at radius 2 is 1.72 bits per heavy atom. The molecule has 0 radical (unpaired) electrons. The average molecular weight is 447 g/mol. The smallest absolute Gasteiger partial charge is 0.228 e. The van der Waals surface area contributed by atoms with E-state index in [2.05, 4.69) is 22.0 Å².